The minimum atomic E-state index is -2.87. The van der Waals surface area contributed by atoms with E-state index in [2.05, 4.69) is 62.3 Å². The maximum Gasteiger partial charge on any atom is 0.314 e. The number of hydrogen-bond acceptors (Lipinski definition) is 4. The maximum atomic E-state index is 14.1. The molecule has 158 valence electrons. The Morgan fingerprint density at radius 1 is 0.692 bits per heavy atom. The van der Waals surface area contributed by atoms with Crippen LogP contribution in [0.15, 0.2) is 0 Å². The van der Waals surface area contributed by atoms with Crippen molar-refractivity contribution in [3.05, 3.63) is 0 Å². The first-order valence-electron chi connectivity index (χ1n) is 10.5. The first kappa shape index (κ1) is 26.9. The highest BCUT2D eigenvalue weighted by Gasteiger charge is 2.42. The van der Waals surface area contributed by atoms with Crippen LogP contribution in [0.25, 0.3) is 0 Å². The summed E-state index contributed by atoms with van der Waals surface area (Å²) in [6.45, 7) is 19.7. The monoisotopic (exact) mass is 424 g/mol. The molecule has 0 heterocycles. The van der Waals surface area contributed by atoms with E-state index >= 15 is 0 Å². The fraction of sp³-hybridized carbons (Fsp3) is 1.00. The minimum Gasteiger partial charge on any atom is -0.307 e. The molecule has 0 bridgehead atoms. The Hall–Kier alpha value is 0.890. The summed E-state index contributed by atoms with van der Waals surface area (Å²) < 4.78 is 20.4. The molecular weight excluding hydrogens is 379 g/mol. The van der Waals surface area contributed by atoms with Crippen molar-refractivity contribution < 1.29 is 9.09 Å². The van der Waals surface area contributed by atoms with E-state index in [1.165, 1.54) is 25.7 Å². The fourth-order valence-electron chi connectivity index (χ4n) is 2.91. The van der Waals surface area contributed by atoms with Gasteiger partial charge in [-0.25, -0.2) is 0 Å². The number of hydrogen-bond donors (Lipinski definition) is 0. The molecule has 0 aromatic rings. The Bertz CT molecular complexity index is 372. The number of rotatable bonds is 15. The van der Waals surface area contributed by atoms with Gasteiger partial charge in [0.15, 0.2) is 0 Å². The van der Waals surface area contributed by atoms with E-state index in [-0.39, 0.29) is 15.1 Å². The van der Waals surface area contributed by atoms with E-state index in [1.807, 2.05) is 0 Å². The average molecular weight is 425 g/mol. The van der Waals surface area contributed by atoms with Crippen molar-refractivity contribution >= 4 is 28.5 Å². The van der Waals surface area contributed by atoms with Gasteiger partial charge >= 0.3 is 5.77 Å². The van der Waals surface area contributed by atoms with Crippen LogP contribution >= 0.6 is 28.5 Å². The highest BCUT2D eigenvalue weighted by atomic mass is 33.1. The molecule has 0 rings (SSSR count). The summed E-state index contributed by atoms with van der Waals surface area (Å²) in [5.74, 6) is -2.87. The van der Waals surface area contributed by atoms with E-state index < -0.39 is 5.77 Å². The third-order valence-corrected chi connectivity index (χ3v) is 13.1. The van der Waals surface area contributed by atoms with Gasteiger partial charge in [0.2, 0.25) is 0 Å². The highest BCUT2D eigenvalue weighted by Crippen LogP contribution is 2.78. The summed E-state index contributed by atoms with van der Waals surface area (Å²) in [5, 5.41) is 0. The second-order valence-electron chi connectivity index (χ2n) is 9.31. The molecule has 0 unspecified atom stereocenters. The predicted molar refractivity (Wildman–Crippen MR) is 125 cm³/mol. The summed E-state index contributed by atoms with van der Waals surface area (Å²) in [6.07, 6.45) is 10.0. The molecule has 0 saturated carbocycles. The van der Waals surface area contributed by atoms with Crippen LogP contribution in [0, 0.1) is 0 Å². The van der Waals surface area contributed by atoms with E-state index in [9.17, 15) is 4.57 Å². The molecule has 0 spiro atoms. The molecule has 0 aliphatic rings. The van der Waals surface area contributed by atoms with E-state index in [0.717, 1.165) is 32.1 Å². The molecule has 0 fully saturated rings. The summed E-state index contributed by atoms with van der Waals surface area (Å²) in [7, 11) is 0. The lowest BCUT2D eigenvalue weighted by Gasteiger charge is -2.37. The van der Waals surface area contributed by atoms with Crippen molar-refractivity contribution in [2.24, 2.45) is 0 Å². The van der Waals surface area contributed by atoms with E-state index in [1.54, 1.807) is 22.8 Å². The zero-order chi connectivity index (χ0) is 20.5. The topological polar surface area (TPSA) is 26.3 Å². The van der Waals surface area contributed by atoms with Gasteiger partial charge in [0, 0.05) is 9.49 Å². The van der Waals surface area contributed by atoms with Crippen LogP contribution in [-0.4, -0.2) is 15.1 Å². The lowest BCUT2D eigenvalue weighted by molar-refractivity contribution is 0.110. The first-order valence-corrected chi connectivity index (χ1v) is 15.0. The highest BCUT2D eigenvalue weighted by molar-refractivity contribution is 8.89. The van der Waals surface area contributed by atoms with Crippen molar-refractivity contribution in [1.82, 2.24) is 0 Å². The minimum absolute atomic E-state index is 0.0276. The molecule has 0 N–H and O–H groups in total. The molecule has 0 amide bonds. The van der Waals surface area contributed by atoms with Crippen molar-refractivity contribution in [1.29, 1.82) is 0 Å². The molecule has 26 heavy (non-hydrogen) atoms. The van der Waals surface area contributed by atoms with Crippen molar-refractivity contribution in [2.75, 3.05) is 0 Å². The molecule has 0 aromatic carbocycles. The Labute approximate surface area is 172 Å². The molecule has 0 atom stereocenters. The van der Waals surface area contributed by atoms with Crippen LogP contribution in [0.5, 0.6) is 0 Å². The third kappa shape index (κ3) is 12.4. The quantitative estimate of drug-likeness (QED) is 0.244. The molecule has 0 aliphatic carbocycles. The van der Waals surface area contributed by atoms with Crippen molar-refractivity contribution in [3.63, 3.8) is 0 Å². The maximum absolute atomic E-state index is 14.1. The zero-order valence-electron chi connectivity index (χ0n) is 18.9. The van der Waals surface area contributed by atoms with Crippen LogP contribution in [0.2, 0.25) is 0 Å². The molecule has 0 aromatic heterocycles. The van der Waals surface area contributed by atoms with Gasteiger partial charge in [0.25, 0.3) is 0 Å². The normalized spacial score (nSPS) is 14.0. The lowest BCUT2D eigenvalue weighted by atomic mass is 10.0. The smallest absolute Gasteiger partial charge is 0.307 e. The molecule has 5 heteroatoms. The second kappa shape index (κ2) is 11.8. The molecule has 2 nitrogen and oxygen atoms in total. The Morgan fingerprint density at radius 3 is 1.38 bits per heavy atom. The van der Waals surface area contributed by atoms with Gasteiger partial charge < -0.3 is 4.52 Å². The van der Waals surface area contributed by atoms with Crippen LogP contribution in [-0.2, 0) is 9.09 Å². The molecule has 0 aliphatic heterocycles. The predicted octanol–water partition coefficient (Wildman–Crippen LogP) is 9.48. The van der Waals surface area contributed by atoms with Crippen LogP contribution < -0.4 is 0 Å². The van der Waals surface area contributed by atoms with Crippen molar-refractivity contribution in [2.45, 2.75) is 135 Å². The summed E-state index contributed by atoms with van der Waals surface area (Å²) in [6, 6.07) is 0. The van der Waals surface area contributed by atoms with Gasteiger partial charge in [0.05, 0.1) is 5.60 Å². The van der Waals surface area contributed by atoms with Gasteiger partial charge in [-0.05, 0) is 33.1 Å². The average Bonchev–Trinajstić information content (AvgIpc) is 2.46. The van der Waals surface area contributed by atoms with Crippen LogP contribution in [0.3, 0.4) is 0 Å². The third-order valence-electron chi connectivity index (χ3n) is 4.47. The van der Waals surface area contributed by atoms with Crippen molar-refractivity contribution in [3.8, 4) is 0 Å². The Balaban J connectivity index is 5.39. The molecule has 0 saturated heterocycles. The SMILES string of the molecule is CCCCC(C)(C)OP(=O)(SC(C)(C)CCCC)SC(C)(C)CCCC. The summed E-state index contributed by atoms with van der Waals surface area (Å²) in [5.41, 5.74) is -0.340. The van der Waals surface area contributed by atoms with Crippen LogP contribution in [0.4, 0.5) is 0 Å². The van der Waals surface area contributed by atoms with Gasteiger partial charge in [0.1, 0.15) is 0 Å². The van der Waals surface area contributed by atoms with Gasteiger partial charge in [-0.1, -0.05) is 110 Å². The first-order chi connectivity index (χ1) is 11.8. The summed E-state index contributed by atoms with van der Waals surface area (Å²) in [4.78, 5) is 0. The molecular formula is C21H45O2PS2. The van der Waals surface area contributed by atoms with E-state index in [4.69, 9.17) is 4.52 Å². The van der Waals surface area contributed by atoms with Gasteiger partial charge in [-0.15, -0.1) is 0 Å². The van der Waals surface area contributed by atoms with E-state index in [0.29, 0.717) is 0 Å². The standard InChI is InChI=1S/C21H45O2PS2/c1-10-13-16-19(4,5)23-24(22,25-20(6,7)17-14-11-2)26-21(8,9)18-15-12-3/h10-18H2,1-9H3. The summed E-state index contributed by atoms with van der Waals surface area (Å²) >= 11 is 3.21. The Kier molecular flexibility index (Phi) is 12.2. The number of unbranched alkanes of at least 4 members (excludes halogenated alkanes) is 3. The largest absolute Gasteiger partial charge is 0.314 e. The lowest BCUT2D eigenvalue weighted by Crippen LogP contribution is -2.25. The Morgan fingerprint density at radius 2 is 1.04 bits per heavy atom. The fourth-order valence-corrected chi connectivity index (χ4v) is 15.1. The van der Waals surface area contributed by atoms with Gasteiger partial charge in [-0.2, -0.15) is 0 Å². The van der Waals surface area contributed by atoms with Crippen LogP contribution in [0.1, 0.15) is 120 Å². The molecule has 0 radical (unpaired) electrons. The second-order valence-corrected chi connectivity index (χ2v) is 17.6. The zero-order valence-corrected chi connectivity index (χ0v) is 21.5. The van der Waals surface area contributed by atoms with Gasteiger partial charge in [-0.3, -0.25) is 4.57 Å².